The molecule has 0 fully saturated rings. The minimum Gasteiger partial charge on any atom is -0.203 e. The largest absolute Gasteiger partial charge is 0.227 e. The van der Waals surface area contributed by atoms with Crippen molar-refractivity contribution in [3.63, 3.8) is 0 Å². The van der Waals surface area contributed by atoms with Gasteiger partial charge < -0.3 is 0 Å². The van der Waals surface area contributed by atoms with Gasteiger partial charge in [0.2, 0.25) is 6.34 Å². The number of nitrogens with zero attached hydrogens (tertiary/aromatic N) is 2. The van der Waals surface area contributed by atoms with Crippen molar-refractivity contribution in [3.05, 3.63) is 12.4 Å². The van der Waals surface area contributed by atoms with Gasteiger partial charge in [-0.25, -0.2) is 4.99 Å². The van der Waals surface area contributed by atoms with Gasteiger partial charge in [0.05, 0.1) is 13.3 Å². The zero-order valence-electron chi connectivity index (χ0n) is 5.03. The second kappa shape index (κ2) is 1.69. The molecule has 0 aliphatic carbocycles. The molecule has 1 unspecified atom stereocenters. The van der Waals surface area contributed by atoms with Gasteiger partial charge in [-0.05, 0) is 0 Å². The van der Waals surface area contributed by atoms with Gasteiger partial charge in [-0.2, -0.15) is 4.84 Å². The molecule has 0 aromatic rings. The Bertz CT molecular complexity index is 127. The van der Waals surface area contributed by atoms with Crippen LogP contribution in [0.2, 0.25) is 0 Å². The SMILES string of the molecule is CO[N+]1(C)C=CN=C1. The van der Waals surface area contributed by atoms with Crippen molar-refractivity contribution < 1.29 is 9.48 Å². The molecule has 3 heteroatoms. The molecule has 0 bridgehead atoms. The van der Waals surface area contributed by atoms with E-state index in [0.717, 1.165) is 0 Å². The van der Waals surface area contributed by atoms with Crippen LogP contribution in [0.1, 0.15) is 0 Å². The van der Waals surface area contributed by atoms with Gasteiger partial charge in [0.15, 0.2) is 6.20 Å². The minimum absolute atomic E-state index is 0.347. The molecular weight excluding hydrogens is 104 g/mol. The Balaban J connectivity index is 2.69. The van der Waals surface area contributed by atoms with E-state index in [1.165, 1.54) is 0 Å². The van der Waals surface area contributed by atoms with Gasteiger partial charge in [-0.15, -0.1) is 4.65 Å². The highest BCUT2D eigenvalue weighted by Crippen LogP contribution is 2.04. The summed E-state index contributed by atoms with van der Waals surface area (Å²) in [5.41, 5.74) is 0. The number of aliphatic imine (C=N–C) groups is 1. The molecule has 1 atom stereocenters. The summed E-state index contributed by atoms with van der Waals surface area (Å²) in [6, 6.07) is 0. The summed E-state index contributed by atoms with van der Waals surface area (Å²) in [5.74, 6) is 0. The summed E-state index contributed by atoms with van der Waals surface area (Å²) >= 11 is 0. The van der Waals surface area contributed by atoms with Crippen LogP contribution in [-0.4, -0.2) is 25.1 Å². The van der Waals surface area contributed by atoms with Crippen LogP contribution in [0.25, 0.3) is 0 Å². The molecule has 3 nitrogen and oxygen atoms in total. The Morgan fingerprint density at radius 1 is 1.62 bits per heavy atom. The predicted molar refractivity (Wildman–Crippen MR) is 30.8 cm³/mol. The summed E-state index contributed by atoms with van der Waals surface area (Å²) in [6.07, 6.45) is 5.27. The second-order valence-corrected chi connectivity index (χ2v) is 1.80. The summed E-state index contributed by atoms with van der Waals surface area (Å²) in [5, 5.41) is 0. The van der Waals surface area contributed by atoms with E-state index in [0.29, 0.717) is 4.65 Å². The van der Waals surface area contributed by atoms with E-state index >= 15 is 0 Å². The quantitative estimate of drug-likeness (QED) is 0.454. The molecule has 0 radical (unpaired) electrons. The normalized spacial score (nSPS) is 34.2. The van der Waals surface area contributed by atoms with E-state index in [1.54, 1.807) is 19.6 Å². The second-order valence-electron chi connectivity index (χ2n) is 1.80. The van der Waals surface area contributed by atoms with Crippen molar-refractivity contribution in [2.75, 3.05) is 14.2 Å². The maximum Gasteiger partial charge on any atom is 0.227 e. The van der Waals surface area contributed by atoms with Crippen LogP contribution in [0.4, 0.5) is 0 Å². The lowest BCUT2D eigenvalue weighted by Crippen LogP contribution is -2.32. The molecule has 0 saturated heterocycles. The molecule has 0 saturated carbocycles. The number of hydrogen-bond donors (Lipinski definition) is 0. The molecule has 0 aromatic carbocycles. The average molecular weight is 113 g/mol. The molecule has 44 valence electrons. The van der Waals surface area contributed by atoms with Crippen LogP contribution in [0, 0.1) is 0 Å². The molecule has 0 aromatic heterocycles. The molecule has 8 heavy (non-hydrogen) atoms. The highest BCUT2D eigenvalue weighted by Gasteiger charge is 2.18. The van der Waals surface area contributed by atoms with Crippen LogP contribution < -0.4 is 0 Å². The molecule has 1 aliphatic heterocycles. The van der Waals surface area contributed by atoms with E-state index in [2.05, 4.69) is 4.99 Å². The Hall–Kier alpha value is -0.670. The fourth-order valence-corrected chi connectivity index (χ4v) is 0.488. The number of quaternary nitrogens is 1. The van der Waals surface area contributed by atoms with Gasteiger partial charge in [-0.1, -0.05) is 0 Å². The Labute approximate surface area is 48.4 Å². The molecule has 0 spiro atoms. The van der Waals surface area contributed by atoms with Crippen molar-refractivity contribution >= 4 is 6.34 Å². The summed E-state index contributed by atoms with van der Waals surface area (Å²) in [4.78, 5) is 8.85. The van der Waals surface area contributed by atoms with Gasteiger partial charge in [0, 0.05) is 0 Å². The van der Waals surface area contributed by atoms with Crippen LogP contribution in [0.3, 0.4) is 0 Å². The van der Waals surface area contributed by atoms with Crippen molar-refractivity contribution in [1.82, 2.24) is 0 Å². The molecule has 0 amide bonds. The van der Waals surface area contributed by atoms with Gasteiger partial charge in [0.25, 0.3) is 0 Å². The maximum absolute atomic E-state index is 5.00. The Kier molecular flexibility index (Phi) is 1.15. The summed E-state index contributed by atoms with van der Waals surface area (Å²) in [7, 11) is 3.54. The van der Waals surface area contributed by atoms with Gasteiger partial charge >= 0.3 is 0 Å². The zero-order chi connectivity index (χ0) is 6.04. The lowest BCUT2D eigenvalue weighted by Gasteiger charge is -2.14. The first kappa shape index (κ1) is 5.47. The monoisotopic (exact) mass is 113 g/mol. The molecule has 1 heterocycles. The Morgan fingerprint density at radius 3 is 2.62 bits per heavy atom. The van der Waals surface area contributed by atoms with Gasteiger partial charge in [-0.3, -0.25) is 0 Å². The first-order valence-corrected chi connectivity index (χ1v) is 2.40. The minimum atomic E-state index is 0.347. The molecule has 1 aliphatic rings. The highest BCUT2D eigenvalue weighted by atomic mass is 16.7. The smallest absolute Gasteiger partial charge is 0.203 e. The van der Waals surface area contributed by atoms with E-state index in [-0.39, 0.29) is 0 Å². The van der Waals surface area contributed by atoms with Gasteiger partial charge in [0.1, 0.15) is 7.05 Å². The maximum atomic E-state index is 5.00. The summed E-state index contributed by atoms with van der Waals surface area (Å²) in [6.45, 7) is 0. The number of hydrogen-bond acceptors (Lipinski definition) is 2. The van der Waals surface area contributed by atoms with Crippen molar-refractivity contribution in [2.24, 2.45) is 4.99 Å². The number of hydroxylamine groups is 3. The van der Waals surface area contributed by atoms with E-state index < -0.39 is 0 Å². The molecule has 1 rings (SSSR count). The van der Waals surface area contributed by atoms with E-state index in [4.69, 9.17) is 4.84 Å². The van der Waals surface area contributed by atoms with Crippen LogP contribution in [0.5, 0.6) is 0 Å². The number of rotatable bonds is 1. The molecular formula is C5H9N2O+. The van der Waals surface area contributed by atoms with Crippen LogP contribution in [-0.2, 0) is 4.84 Å². The third-order valence-electron chi connectivity index (χ3n) is 1.14. The van der Waals surface area contributed by atoms with Crippen molar-refractivity contribution in [1.29, 1.82) is 0 Å². The van der Waals surface area contributed by atoms with Crippen molar-refractivity contribution in [3.8, 4) is 0 Å². The first-order valence-electron chi connectivity index (χ1n) is 2.40. The standard InChI is InChI=1S/C5H9N2O/c1-7(8-2)4-3-6-5-7/h3-5H,1-2H3/q+1. The lowest BCUT2D eigenvalue weighted by molar-refractivity contribution is -0.967. The molecule has 0 N–H and O–H groups in total. The fourth-order valence-electron chi connectivity index (χ4n) is 0.488. The van der Waals surface area contributed by atoms with E-state index in [9.17, 15) is 0 Å². The first-order chi connectivity index (χ1) is 3.77. The van der Waals surface area contributed by atoms with Crippen LogP contribution >= 0.6 is 0 Å². The third kappa shape index (κ3) is 0.778. The third-order valence-corrected chi connectivity index (χ3v) is 1.14. The summed E-state index contributed by atoms with van der Waals surface area (Å²) < 4.78 is 0.347. The van der Waals surface area contributed by atoms with Crippen LogP contribution in [0.15, 0.2) is 17.4 Å². The topological polar surface area (TPSA) is 21.6 Å². The highest BCUT2D eigenvalue weighted by molar-refractivity contribution is 5.49. The van der Waals surface area contributed by atoms with Crippen molar-refractivity contribution in [2.45, 2.75) is 0 Å². The average Bonchev–Trinajstić information content (AvgIpc) is 2.17. The fraction of sp³-hybridized carbons (Fsp3) is 0.400. The zero-order valence-corrected chi connectivity index (χ0v) is 5.03. The van der Waals surface area contributed by atoms with E-state index in [1.807, 2.05) is 13.2 Å². The Morgan fingerprint density at radius 2 is 2.38 bits per heavy atom. The predicted octanol–water partition coefficient (Wildman–Crippen LogP) is 0.508. The lowest BCUT2D eigenvalue weighted by atomic mass is 10.8.